The zero-order valence-corrected chi connectivity index (χ0v) is 6.15. The molecule has 0 saturated heterocycles. The molecule has 8 heavy (non-hydrogen) atoms. The van der Waals surface area contributed by atoms with Gasteiger partial charge in [0.1, 0.15) is 0 Å². The van der Waals surface area contributed by atoms with Crippen LogP contribution in [0.4, 0.5) is 0 Å². The second kappa shape index (κ2) is 4.49. The van der Waals surface area contributed by atoms with Gasteiger partial charge in [-0.15, -0.1) is 0 Å². The Balaban J connectivity index is 3.29. The van der Waals surface area contributed by atoms with Crippen LogP contribution in [0.25, 0.3) is 0 Å². The molecule has 0 aliphatic carbocycles. The van der Waals surface area contributed by atoms with Gasteiger partial charge in [-0.2, -0.15) is 25.3 Å². The maximum Gasteiger partial charge on any atom is 0.0559 e. The van der Waals surface area contributed by atoms with Crippen molar-refractivity contribution in [3.63, 3.8) is 0 Å². The van der Waals surface area contributed by atoms with Crippen LogP contribution in [0.15, 0.2) is 0 Å². The molecule has 0 aliphatic rings. The van der Waals surface area contributed by atoms with Crippen molar-refractivity contribution in [3.05, 3.63) is 0 Å². The summed E-state index contributed by atoms with van der Waals surface area (Å²) < 4.78 is 0. The van der Waals surface area contributed by atoms with Crippen LogP contribution in [-0.4, -0.2) is 33.9 Å². The van der Waals surface area contributed by atoms with Gasteiger partial charge in [-0.1, -0.05) is 0 Å². The average Bonchev–Trinajstić information content (AvgIpc) is 1.84. The Morgan fingerprint density at radius 1 is 1.00 bits per heavy atom. The highest BCUT2D eigenvalue weighted by Crippen LogP contribution is 2.06. The molecule has 0 saturated carbocycles. The van der Waals surface area contributed by atoms with Gasteiger partial charge >= 0.3 is 0 Å². The first-order chi connectivity index (χ1) is 3.72. The van der Waals surface area contributed by atoms with Crippen molar-refractivity contribution < 1.29 is 10.2 Å². The summed E-state index contributed by atoms with van der Waals surface area (Å²) in [5, 5.41) is 16.4. The zero-order valence-electron chi connectivity index (χ0n) is 4.36. The van der Waals surface area contributed by atoms with Gasteiger partial charge in [0, 0.05) is 10.5 Å². The average molecular weight is 154 g/mol. The Bertz CT molecular complexity index is 52.0. The van der Waals surface area contributed by atoms with Crippen LogP contribution >= 0.6 is 25.3 Å². The van der Waals surface area contributed by atoms with E-state index in [0.717, 1.165) is 0 Å². The summed E-state index contributed by atoms with van der Waals surface area (Å²) in [6.45, 7) is -0.0876. The monoisotopic (exact) mass is 154 g/mol. The first-order valence-corrected chi connectivity index (χ1v) is 3.33. The molecule has 2 atom stereocenters. The molecule has 0 aromatic rings. The maximum atomic E-state index is 8.40. The van der Waals surface area contributed by atoms with Crippen molar-refractivity contribution in [3.8, 4) is 0 Å². The van der Waals surface area contributed by atoms with E-state index in [1.54, 1.807) is 0 Å². The molecule has 2 nitrogen and oxygen atoms in total. The molecule has 0 unspecified atom stereocenters. The molecule has 0 rings (SSSR count). The summed E-state index contributed by atoms with van der Waals surface area (Å²) in [6.07, 6.45) is 0. The number of thiol groups is 2. The molecule has 0 aliphatic heterocycles. The molecule has 0 spiro atoms. The van der Waals surface area contributed by atoms with Crippen LogP contribution in [0.2, 0.25) is 0 Å². The first-order valence-electron chi connectivity index (χ1n) is 2.30. The molecule has 0 aromatic heterocycles. The zero-order chi connectivity index (χ0) is 6.57. The number of rotatable bonds is 3. The second-order valence-corrected chi connectivity index (χ2v) is 2.83. The molecule has 2 N–H and O–H groups in total. The number of hydrogen-bond donors (Lipinski definition) is 4. The fourth-order valence-corrected chi connectivity index (χ4v) is 0.432. The van der Waals surface area contributed by atoms with Gasteiger partial charge in [-0.05, 0) is 0 Å². The lowest BCUT2D eigenvalue weighted by Crippen LogP contribution is -2.22. The van der Waals surface area contributed by atoms with Gasteiger partial charge in [0.2, 0.25) is 0 Å². The van der Waals surface area contributed by atoms with E-state index >= 15 is 0 Å². The number of hydrogen-bond acceptors (Lipinski definition) is 4. The van der Waals surface area contributed by atoms with Crippen LogP contribution in [0.5, 0.6) is 0 Å². The smallest absolute Gasteiger partial charge is 0.0559 e. The number of aliphatic hydroxyl groups is 2. The largest absolute Gasteiger partial charge is 0.395 e. The third kappa shape index (κ3) is 2.81. The first kappa shape index (κ1) is 8.62. The summed E-state index contributed by atoms with van der Waals surface area (Å²) in [4.78, 5) is 0. The SMILES string of the molecule is OC[C@H](S)[C@@H](S)CO. The third-order valence-electron chi connectivity index (χ3n) is 0.818. The summed E-state index contributed by atoms with van der Waals surface area (Å²) >= 11 is 7.84. The van der Waals surface area contributed by atoms with Gasteiger partial charge in [0.05, 0.1) is 13.2 Å². The van der Waals surface area contributed by atoms with Crippen LogP contribution in [-0.2, 0) is 0 Å². The minimum atomic E-state index is -0.219. The van der Waals surface area contributed by atoms with Crippen molar-refractivity contribution in [2.24, 2.45) is 0 Å². The van der Waals surface area contributed by atoms with Crippen LogP contribution in [0.3, 0.4) is 0 Å². The van der Waals surface area contributed by atoms with Crippen molar-refractivity contribution in [2.75, 3.05) is 13.2 Å². The molecule has 0 heterocycles. The van der Waals surface area contributed by atoms with Crippen LogP contribution in [0.1, 0.15) is 0 Å². The quantitative estimate of drug-likeness (QED) is 0.417. The lowest BCUT2D eigenvalue weighted by atomic mass is 10.3. The third-order valence-corrected chi connectivity index (χ3v) is 2.10. The molecule has 0 bridgehead atoms. The van der Waals surface area contributed by atoms with Crippen molar-refractivity contribution >= 4 is 25.3 Å². The summed E-state index contributed by atoms with van der Waals surface area (Å²) in [6, 6.07) is 0. The maximum absolute atomic E-state index is 8.40. The van der Waals surface area contributed by atoms with Crippen molar-refractivity contribution in [2.45, 2.75) is 10.5 Å². The normalized spacial score (nSPS) is 18.0. The van der Waals surface area contributed by atoms with Crippen LogP contribution in [0, 0.1) is 0 Å². The summed E-state index contributed by atoms with van der Waals surface area (Å²) in [5.41, 5.74) is 0. The molecule has 50 valence electrons. The molecular formula is C4H10O2S2. The minimum absolute atomic E-state index is 0.0438. The van der Waals surface area contributed by atoms with Crippen LogP contribution < -0.4 is 0 Å². The Hall–Kier alpha value is 0.620. The van der Waals surface area contributed by atoms with Gasteiger partial charge in [0.25, 0.3) is 0 Å². The second-order valence-electron chi connectivity index (χ2n) is 1.50. The van der Waals surface area contributed by atoms with Gasteiger partial charge in [-0.25, -0.2) is 0 Å². The fourth-order valence-electron chi connectivity index (χ4n) is 0.243. The topological polar surface area (TPSA) is 40.5 Å². The Labute approximate surface area is 59.7 Å². The highest BCUT2D eigenvalue weighted by Gasteiger charge is 2.10. The van der Waals surface area contributed by atoms with Gasteiger partial charge in [0.15, 0.2) is 0 Å². The summed E-state index contributed by atoms with van der Waals surface area (Å²) in [5.74, 6) is 0. The fraction of sp³-hybridized carbons (Fsp3) is 1.00. The Morgan fingerprint density at radius 2 is 1.25 bits per heavy atom. The van der Waals surface area contributed by atoms with Gasteiger partial charge in [-0.3, -0.25) is 0 Å². The lowest BCUT2D eigenvalue weighted by molar-refractivity contribution is 0.254. The predicted molar refractivity (Wildman–Crippen MR) is 39.7 cm³/mol. The van der Waals surface area contributed by atoms with Crippen molar-refractivity contribution in [1.82, 2.24) is 0 Å². The van der Waals surface area contributed by atoms with E-state index in [4.69, 9.17) is 10.2 Å². The highest BCUT2D eigenvalue weighted by atomic mass is 32.1. The molecule has 4 heteroatoms. The lowest BCUT2D eigenvalue weighted by Gasteiger charge is -2.11. The van der Waals surface area contributed by atoms with E-state index in [-0.39, 0.29) is 23.7 Å². The molecule has 0 radical (unpaired) electrons. The van der Waals surface area contributed by atoms with Crippen molar-refractivity contribution in [1.29, 1.82) is 0 Å². The minimum Gasteiger partial charge on any atom is -0.395 e. The van der Waals surface area contributed by atoms with E-state index in [1.807, 2.05) is 0 Å². The Kier molecular flexibility index (Phi) is 4.84. The number of aliphatic hydroxyl groups excluding tert-OH is 2. The Morgan fingerprint density at radius 3 is 1.38 bits per heavy atom. The van der Waals surface area contributed by atoms with E-state index in [0.29, 0.717) is 0 Å². The van der Waals surface area contributed by atoms with E-state index in [1.165, 1.54) is 0 Å². The molecule has 0 fully saturated rings. The summed E-state index contributed by atoms with van der Waals surface area (Å²) in [7, 11) is 0. The predicted octanol–water partition coefficient (Wildman–Crippen LogP) is -0.432. The van der Waals surface area contributed by atoms with Gasteiger partial charge < -0.3 is 10.2 Å². The van der Waals surface area contributed by atoms with E-state index in [2.05, 4.69) is 25.3 Å². The van der Waals surface area contributed by atoms with E-state index < -0.39 is 0 Å². The molecular weight excluding hydrogens is 144 g/mol. The molecule has 0 aromatic carbocycles. The molecule has 0 amide bonds. The van der Waals surface area contributed by atoms with E-state index in [9.17, 15) is 0 Å². The highest BCUT2D eigenvalue weighted by molar-refractivity contribution is 7.85. The standard InChI is InChI=1S/C4H10O2S2/c5-1-3(7)4(8)2-6/h3-8H,1-2H2/t3-,4-/m0/s1.